The van der Waals surface area contributed by atoms with E-state index in [-0.39, 0.29) is 0 Å². The molecule has 5 nitrogen and oxygen atoms in total. The second-order valence-corrected chi connectivity index (χ2v) is 4.27. The van der Waals surface area contributed by atoms with Gasteiger partial charge in [-0.3, -0.25) is 0 Å². The van der Waals surface area contributed by atoms with E-state index in [1.807, 2.05) is 0 Å². The van der Waals surface area contributed by atoms with Crippen LogP contribution in [0.3, 0.4) is 0 Å². The van der Waals surface area contributed by atoms with Crippen LogP contribution in [0.25, 0.3) is 0 Å². The lowest BCUT2D eigenvalue weighted by Gasteiger charge is -2.10. The maximum absolute atomic E-state index is 4.95. The van der Waals surface area contributed by atoms with Crippen molar-refractivity contribution >= 4 is 22.6 Å². The highest BCUT2D eigenvalue weighted by Crippen LogP contribution is 2.21. The van der Waals surface area contributed by atoms with Crippen LogP contribution in [0.15, 0.2) is 0 Å². The van der Waals surface area contributed by atoms with Gasteiger partial charge >= 0.3 is 0 Å². The summed E-state index contributed by atoms with van der Waals surface area (Å²) in [5.41, 5.74) is 0. The van der Waals surface area contributed by atoms with Crippen LogP contribution in [0.2, 0.25) is 0 Å². The number of ether oxygens (including phenoxy) is 1. The summed E-state index contributed by atoms with van der Waals surface area (Å²) in [7, 11) is 1.69. The molecule has 0 unspecified atom stereocenters. The average Bonchev–Trinajstić information content (AvgIpc) is 2.87. The number of hydrogen-bond acceptors (Lipinski definition) is 6. The van der Waals surface area contributed by atoms with Crippen molar-refractivity contribution < 1.29 is 4.74 Å². The average molecular weight is 228 g/mol. The summed E-state index contributed by atoms with van der Waals surface area (Å²) >= 11 is 1.42. The van der Waals surface area contributed by atoms with Crippen molar-refractivity contribution in [1.82, 2.24) is 9.36 Å². The minimum Gasteiger partial charge on any atom is -0.383 e. The van der Waals surface area contributed by atoms with Crippen molar-refractivity contribution in [2.45, 2.75) is 12.8 Å². The van der Waals surface area contributed by atoms with Crippen molar-refractivity contribution in [2.24, 2.45) is 0 Å². The van der Waals surface area contributed by atoms with E-state index in [0.717, 1.165) is 30.7 Å². The Morgan fingerprint density at radius 3 is 3.00 bits per heavy atom. The number of aromatic nitrogens is 2. The predicted molar refractivity (Wildman–Crippen MR) is 61.7 cm³/mol. The van der Waals surface area contributed by atoms with Gasteiger partial charge < -0.3 is 15.0 Å². The molecule has 1 fully saturated rings. The number of nitrogens with zero attached hydrogens (tertiary/aromatic N) is 3. The third-order valence-electron chi connectivity index (χ3n) is 2.39. The molecule has 15 heavy (non-hydrogen) atoms. The molecule has 1 saturated heterocycles. The highest BCUT2D eigenvalue weighted by molar-refractivity contribution is 7.09. The summed E-state index contributed by atoms with van der Waals surface area (Å²) < 4.78 is 9.28. The summed E-state index contributed by atoms with van der Waals surface area (Å²) in [6.07, 6.45) is 2.51. The Labute approximate surface area is 93.6 Å². The molecule has 0 aliphatic carbocycles. The Morgan fingerprint density at radius 2 is 2.27 bits per heavy atom. The Kier molecular flexibility index (Phi) is 3.74. The third kappa shape index (κ3) is 2.79. The second kappa shape index (κ2) is 5.27. The molecule has 2 rings (SSSR count). The maximum Gasteiger partial charge on any atom is 0.239 e. The van der Waals surface area contributed by atoms with E-state index in [1.165, 1.54) is 24.4 Å². The van der Waals surface area contributed by atoms with Gasteiger partial charge in [-0.1, -0.05) is 0 Å². The molecule has 84 valence electrons. The van der Waals surface area contributed by atoms with E-state index >= 15 is 0 Å². The molecule has 1 aromatic rings. The minimum atomic E-state index is 0.693. The first-order valence-electron chi connectivity index (χ1n) is 5.21. The number of nitrogens with one attached hydrogen (secondary N) is 1. The third-order valence-corrected chi connectivity index (χ3v) is 3.05. The molecule has 1 aliphatic rings. The van der Waals surface area contributed by atoms with Crippen LogP contribution < -0.4 is 10.2 Å². The molecule has 0 amide bonds. The topological polar surface area (TPSA) is 50.3 Å². The molecular weight excluding hydrogens is 212 g/mol. The highest BCUT2D eigenvalue weighted by atomic mass is 32.1. The summed E-state index contributed by atoms with van der Waals surface area (Å²) in [5, 5.41) is 4.07. The van der Waals surface area contributed by atoms with Crippen LogP contribution in [-0.2, 0) is 4.74 Å². The summed E-state index contributed by atoms with van der Waals surface area (Å²) in [6, 6.07) is 0. The van der Waals surface area contributed by atoms with Crippen LogP contribution in [0.5, 0.6) is 0 Å². The van der Waals surface area contributed by atoms with Gasteiger partial charge in [-0.25, -0.2) is 0 Å². The Hall–Kier alpha value is -0.880. The van der Waals surface area contributed by atoms with Crippen molar-refractivity contribution in [3.63, 3.8) is 0 Å². The molecule has 6 heteroatoms. The van der Waals surface area contributed by atoms with Gasteiger partial charge in [0.25, 0.3) is 0 Å². The zero-order valence-corrected chi connectivity index (χ0v) is 9.72. The smallest absolute Gasteiger partial charge is 0.239 e. The molecular formula is C9H16N4OS. The fourth-order valence-corrected chi connectivity index (χ4v) is 2.21. The SMILES string of the molecule is COCCNc1nc(N2CCCC2)ns1. The van der Waals surface area contributed by atoms with Gasteiger partial charge in [-0.05, 0) is 12.8 Å². The Bertz CT molecular complexity index is 298. The van der Waals surface area contributed by atoms with Crippen molar-refractivity contribution in [3.8, 4) is 0 Å². The van der Waals surface area contributed by atoms with Crippen molar-refractivity contribution in [2.75, 3.05) is 43.6 Å². The lowest BCUT2D eigenvalue weighted by atomic mass is 10.4. The van der Waals surface area contributed by atoms with Crippen molar-refractivity contribution in [3.05, 3.63) is 0 Å². The number of anilines is 2. The van der Waals surface area contributed by atoms with Crippen molar-refractivity contribution in [1.29, 1.82) is 0 Å². The standard InChI is InChI=1S/C9H16N4OS/c1-14-7-4-10-9-11-8(12-15-9)13-5-2-3-6-13/h2-7H2,1H3,(H,10,11,12). The lowest BCUT2D eigenvalue weighted by molar-refractivity contribution is 0.211. The van der Waals surface area contributed by atoms with E-state index in [4.69, 9.17) is 4.74 Å². The van der Waals surface area contributed by atoms with Gasteiger partial charge in [0.05, 0.1) is 6.61 Å². The molecule has 1 N–H and O–H groups in total. The minimum absolute atomic E-state index is 0.693. The maximum atomic E-state index is 4.95. The van der Waals surface area contributed by atoms with E-state index in [2.05, 4.69) is 19.6 Å². The lowest BCUT2D eigenvalue weighted by Crippen LogP contribution is -2.19. The number of methoxy groups -OCH3 is 1. The van der Waals surface area contributed by atoms with E-state index in [0.29, 0.717) is 6.61 Å². The monoisotopic (exact) mass is 228 g/mol. The molecule has 0 atom stereocenters. The number of hydrogen-bond donors (Lipinski definition) is 1. The molecule has 1 aromatic heterocycles. The molecule has 2 heterocycles. The highest BCUT2D eigenvalue weighted by Gasteiger charge is 2.16. The van der Waals surface area contributed by atoms with Gasteiger partial charge in [-0.2, -0.15) is 9.36 Å². The Balaban J connectivity index is 1.86. The molecule has 0 spiro atoms. The fourth-order valence-electron chi connectivity index (χ4n) is 1.59. The molecule has 0 aromatic carbocycles. The van der Waals surface area contributed by atoms with Crippen LogP contribution in [0.1, 0.15) is 12.8 Å². The Morgan fingerprint density at radius 1 is 1.47 bits per heavy atom. The summed E-state index contributed by atoms with van der Waals surface area (Å²) in [5.74, 6) is 0.873. The van der Waals surface area contributed by atoms with Gasteiger partial charge in [-0.15, -0.1) is 0 Å². The van der Waals surface area contributed by atoms with Gasteiger partial charge in [0.2, 0.25) is 11.1 Å². The first-order valence-corrected chi connectivity index (χ1v) is 5.99. The molecule has 1 aliphatic heterocycles. The first kappa shape index (κ1) is 10.6. The second-order valence-electron chi connectivity index (χ2n) is 3.51. The van der Waals surface area contributed by atoms with Crippen LogP contribution >= 0.6 is 11.5 Å². The zero-order valence-electron chi connectivity index (χ0n) is 8.90. The van der Waals surface area contributed by atoms with Crippen LogP contribution in [-0.4, -0.2) is 42.7 Å². The van der Waals surface area contributed by atoms with Crippen LogP contribution in [0, 0.1) is 0 Å². The zero-order chi connectivity index (χ0) is 10.5. The molecule has 0 radical (unpaired) electrons. The normalized spacial score (nSPS) is 15.9. The quantitative estimate of drug-likeness (QED) is 0.767. The van der Waals surface area contributed by atoms with E-state index in [1.54, 1.807) is 7.11 Å². The fraction of sp³-hybridized carbons (Fsp3) is 0.778. The van der Waals surface area contributed by atoms with E-state index in [9.17, 15) is 0 Å². The molecule has 0 bridgehead atoms. The summed E-state index contributed by atoms with van der Waals surface area (Å²) in [6.45, 7) is 3.66. The largest absolute Gasteiger partial charge is 0.383 e. The first-order chi connectivity index (χ1) is 7.40. The van der Waals surface area contributed by atoms with Gasteiger partial charge in [0.15, 0.2) is 0 Å². The van der Waals surface area contributed by atoms with Gasteiger partial charge in [0.1, 0.15) is 0 Å². The van der Waals surface area contributed by atoms with Crippen LogP contribution in [0.4, 0.5) is 11.1 Å². The number of rotatable bonds is 5. The predicted octanol–water partition coefficient (Wildman–Crippen LogP) is 1.20. The molecule has 0 saturated carbocycles. The van der Waals surface area contributed by atoms with E-state index < -0.39 is 0 Å². The summed E-state index contributed by atoms with van der Waals surface area (Å²) in [4.78, 5) is 6.66. The van der Waals surface area contributed by atoms with Gasteiger partial charge in [0, 0.05) is 38.3 Å².